The molecule has 1 aromatic carbocycles. The number of carbonyl (C=O) groups is 2. The minimum absolute atomic E-state index is 0.00717. The van der Waals surface area contributed by atoms with Crippen molar-refractivity contribution in [3.05, 3.63) is 34.9 Å². The van der Waals surface area contributed by atoms with Gasteiger partial charge < -0.3 is 20.1 Å². The van der Waals surface area contributed by atoms with E-state index in [2.05, 4.69) is 17.6 Å². The molecule has 2 N–H and O–H groups in total. The number of benzene rings is 1. The van der Waals surface area contributed by atoms with Crippen molar-refractivity contribution in [1.29, 1.82) is 0 Å². The fourth-order valence-electron chi connectivity index (χ4n) is 2.89. The van der Waals surface area contributed by atoms with Gasteiger partial charge in [-0.3, -0.25) is 9.59 Å². The molecule has 144 valence electrons. The van der Waals surface area contributed by atoms with Gasteiger partial charge in [0.05, 0.1) is 19.8 Å². The SMILES string of the molecule is CCCOCCNC(=O)CCOCCNC1Cc2cc(C(C)=O)ccc21. The zero-order valence-corrected chi connectivity index (χ0v) is 15.8. The molecule has 6 nitrogen and oxygen atoms in total. The predicted octanol–water partition coefficient (Wildman–Crippen LogP) is 2.03. The summed E-state index contributed by atoms with van der Waals surface area (Å²) in [5.74, 6) is 0.0994. The highest BCUT2D eigenvalue weighted by Crippen LogP contribution is 2.33. The molecule has 0 saturated heterocycles. The Hall–Kier alpha value is -1.76. The Kier molecular flexibility index (Phi) is 8.74. The highest BCUT2D eigenvalue weighted by atomic mass is 16.5. The molecular weight excluding hydrogens is 332 g/mol. The maximum Gasteiger partial charge on any atom is 0.222 e. The van der Waals surface area contributed by atoms with Gasteiger partial charge in [0.2, 0.25) is 5.91 Å². The number of amides is 1. The highest BCUT2D eigenvalue weighted by Gasteiger charge is 2.25. The van der Waals surface area contributed by atoms with E-state index in [0.717, 1.165) is 31.6 Å². The van der Waals surface area contributed by atoms with Crippen LogP contribution in [0.2, 0.25) is 0 Å². The Morgan fingerprint density at radius 1 is 1.12 bits per heavy atom. The summed E-state index contributed by atoms with van der Waals surface area (Å²) in [4.78, 5) is 23.0. The fourth-order valence-corrected chi connectivity index (χ4v) is 2.89. The zero-order chi connectivity index (χ0) is 18.8. The Balaban J connectivity index is 1.49. The second-order valence-electron chi connectivity index (χ2n) is 6.51. The van der Waals surface area contributed by atoms with E-state index in [0.29, 0.717) is 38.8 Å². The molecule has 2 rings (SSSR count). The summed E-state index contributed by atoms with van der Waals surface area (Å²) >= 11 is 0. The Morgan fingerprint density at radius 2 is 1.88 bits per heavy atom. The summed E-state index contributed by atoms with van der Waals surface area (Å²) in [7, 11) is 0. The largest absolute Gasteiger partial charge is 0.380 e. The monoisotopic (exact) mass is 362 g/mol. The zero-order valence-electron chi connectivity index (χ0n) is 15.8. The number of ether oxygens (including phenoxy) is 2. The summed E-state index contributed by atoms with van der Waals surface area (Å²) in [6, 6.07) is 6.24. The smallest absolute Gasteiger partial charge is 0.222 e. The van der Waals surface area contributed by atoms with Crippen molar-refractivity contribution in [3.8, 4) is 0 Å². The van der Waals surface area contributed by atoms with Crippen molar-refractivity contribution in [2.45, 2.75) is 39.2 Å². The number of carbonyl (C=O) groups excluding carboxylic acids is 2. The minimum atomic E-state index is -0.00717. The molecule has 0 heterocycles. The Labute approximate surface area is 155 Å². The van der Waals surface area contributed by atoms with Crippen molar-refractivity contribution in [1.82, 2.24) is 10.6 Å². The van der Waals surface area contributed by atoms with Crippen LogP contribution in [0.25, 0.3) is 0 Å². The molecule has 0 aliphatic heterocycles. The lowest BCUT2D eigenvalue weighted by atomic mass is 9.82. The molecule has 1 aromatic rings. The highest BCUT2D eigenvalue weighted by molar-refractivity contribution is 5.94. The first-order chi connectivity index (χ1) is 12.6. The first-order valence-electron chi connectivity index (χ1n) is 9.41. The third kappa shape index (κ3) is 6.52. The molecule has 0 fully saturated rings. The van der Waals surface area contributed by atoms with Crippen LogP contribution in [0.5, 0.6) is 0 Å². The van der Waals surface area contributed by atoms with Gasteiger partial charge in [-0.25, -0.2) is 0 Å². The van der Waals surface area contributed by atoms with Crippen LogP contribution in [0.1, 0.15) is 54.2 Å². The maximum absolute atomic E-state index is 11.6. The molecule has 1 amide bonds. The van der Waals surface area contributed by atoms with Gasteiger partial charge in [-0.2, -0.15) is 0 Å². The first kappa shape index (κ1) is 20.6. The van der Waals surface area contributed by atoms with Crippen LogP contribution in [-0.2, 0) is 20.7 Å². The van der Waals surface area contributed by atoms with Gasteiger partial charge in [-0.05, 0) is 37.0 Å². The third-order valence-electron chi connectivity index (χ3n) is 4.38. The number of fused-ring (bicyclic) bond motifs is 1. The van der Waals surface area contributed by atoms with E-state index < -0.39 is 0 Å². The van der Waals surface area contributed by atoms with Crippen LogP contribution in [0.4, 0.5) is 0 Å². The van der Waals surface area contributed by atoms with Crippen LogP contribution < -0.4 is 10.6 Å². The molecule has 1 aliphatic carbocycles. The molecule has 26 heavy (non-hydrogen) atoms. The maximum atomic E-state index is 11.6. The van der Waals surface area contributed by atoms with Gasteiger partial charge in [0.25, 0.3) is 0 Å². The van der Waals surface area contributed by atoms with E-state index in [-0.39, 0.29) is 11.7 Å². The van der Waals surface area contributed by atoms with E-state index in [4.69, 9.17) is 9.47 Å². The lowest BCUT2D eigenvalue weighted by molar-refractivity contribution is -0.122. The van der Waals surface area contributed by atoms with Gasteiger partial charge in [0.1, 0.15) is 0 Å². The standard InChI is InChI=1S/C20H30N2O4/c1-3-9-25-12-8-22-20(24)6-10-26-11-7-21-19-14-17-13-16(15(2)23)4-5-18(17)19/h4-5,13,19,21H,3,6-12,14H2,1-2H3,(H,22,24). The van der Waals surface area contributed by atoms with Crippen molar-refractivity contribution in [3.63, 3.8) is 0 Å². The normalized spacial score (nSPS) is 15.2. The molecule has 6 heteroatoms. The number of nitrogens with one attached hydrogen (secondary N) is 2. The Bertz CT molecular complexity index is 603. The lowest BCUT2D eigenvalue weighted by Crippen LogP contribution is -2.34. The summed E-state index contributed by atoms with van der Waals surface area (Å²) in [6.07, 6.45) is 2.30. The second kappa shape index (κ2) is 11.1. The molecule has 1 atom stereocenters. The molecule has 0 spiro atoms. The quantitative estimate of drug-likeness (QED) is 0.415. The van der Waals surface area contributed by atoms with Crippen LogP contribution in [0, 0.1) is 0 Å². The second-order valence-corrected chi connectivity index (χ2v) is 6.51. The van der Waals surface area contributed by atoms with Crippen LogP contribution in [0.3, 0.4) is 0 Å². The lowest BCUT2D eigenvalue weighted by Gasteiger charge is -2.31. The summed E-state index contributed by atoms with van der Waals surface area (Å²) in [5.41, 5.74) is 3.29. The number of rotatable bonds is 13. The first-order valence-corrected chi connectivity index (χ1v) is 9.41. The van der Waals surface area contributed by atoms with Gasteiger partial charge in [-0.15, -0.1) is 0 Å². The average Bonchev–Trinajstić information content (AvgIpc) is 2.60. The van der Waals surface area contributed by atoms with Crippen molar-refractivity contribution >= 4 is 11.7 Å². The van der Waals surface area contributed by atoms with E-state index in [9.17, 15) is 9.59 Å². The molecule has 0 saturated carbocycles. The average molecular weight is 362 g/mol. The number of hydrogen-bond donors (Lipinski definition) is 2. The van der Waals surface area contributed by atoms with E-state index >= 15 is 0 Å². The molecule has 0 radical (unpaired) electrons. The molecular formula is C20H30N2O4. The number of hydrogen-bond acceptors (Lipinski definition) is 5. The number of ketones is 1. The minimum Gasteiger partial charge on any atom is -0.380 e. The van der Waals surface area contributed by atoms with Gasteiger partial charge in [-0.1, -0.05) is 19.1 Å². The molecule has 1 unspecified atom stereocenters. The van der Waals surface area contributed by atoms with Crippen LogP contribution in [0.15, 0.2) is 18.2 Å². The fraction of sp³-hybridized carbons (Fsp3) is 0.600. The van der Waals surface area contributed by atoms with Crippen LogP contribution in [-0.4, -0.2) is 51.2 Å². The van der Waals surface area contributed by atoms with Gasteiger partial charge in [0, 0.05) is 37.7 Å². The third-order valence-corrected chi connectivity index (χ3v) is 4.38. The predicted molar refractivity (Wildman–Crippen MR) is 100 cm³/mol. The topological polar surface area (TPSA) is 76.7 Å². The van der Waals surface area contributed by atoms with Crippen molar-refractivity contribution < 1.29 is 19.1 Å². The van der Waals surface area contributed by atoms with Gasteiger partial charge >= 0.3 is 0 Å². The molecule has 1 aliphatic rings. The molecule has 0 aromatic heterocycles. The summed E-state index contributed by atoms with van der Waals surface area (Å²) in [6.45, 7) is 7.22. The van der Waals surface area contributed by atoms with Gasteiger partial charge in [0.15, 0.2) is 5.78 Å². The van der Waals surface area contributed by atoms with Crippen molar-refractivity contribution in [2.24, 2.45) is 0 Å². The summed E-state index contributed by atoms with van der Waals surface area (Å²) < 4.78 is 10.8. The molecule has 0 bridgehead atoms. The van der Waals surface area contributed by atoms with E-state index in [1.807, 2.05) is 18.2 Å². The number of Topliss-reactive ketones (excluding diaryl/α,β-unsaturated/α-hetero) is 1. The van der Waals surface area contributed by atoms with Crippen molar-refractivity contribution in [2.75, 3.05) is 39.5 Å². The Morgan fingerprint density at radius 3 is 2.62 bits per heavy atom. The van der Waals surface area contributed by atoms with Crippen LogP contribution >= 0.6 is 0 Å². The van der Waals surface area contributed by atoms with E-state index in [1.54, 1.807) is 6.92 Å². The van der Waals surface area contributed by atoms with E-state index in [1.165, 1.54) is 11.1 Å². The summed E-state index contributed by atoms with van der Waals surface area (Å²) in [5, 5.41) is 6.25.